The molecule has 14 heavy (non-hydrogen) atoms. The van der Waals surface area contributed by atoms with E-state index in [0.29, 0.717) is 5.56 Å². The van der Waals surface area contributed by atoms with Crippen molar-refractivity contribution in [3.05, 3.63) is 35.4 Å². The second-order valence-corrected chi connectivity index (χ2v) is 4.24. The van der Waals surface area contributed by atoms with E-state index < -0.39 is 0 Å². The molecule has 1 aromatic rings. The average Bonchev–Trinajstić information content (AvgIpc) is 2.14. The van der Waals surface area contributed by atoms with Crippen LogP contribution in [-0.4, -0.2) is 6.29 Å². The Balaban J connectivity index is 2.96. The van der Waals surface area contributed by atoms with Crippen molar-refractivity contribution in [1.82, 2.24) is 0 Å². The quantitative estimate of drug-likeness (QED) is 0.487. The third-order valence-corrected chi connectivity index (χ3v) is 1.60. The van der Waals surface area contributed by atoms with Crippen LogP contribution in [-0.2, 0) is 0 Å². The van der Waals surface area contributed by atoms with Crippen LogP contribution in [0.15, 0.2) is 24.3 Å². The summed E-state index contributed by atoms with van der Waals surface area (Å²) in [6.45, 7) is 6.18. The SMILES string of the molecule is CC(C)(C)C#Cc1cccc(C=O)c1. The Hall–Kier alpha value is -1.55. The molecule has 0 spiro atoms. The molecule has 0 amide bonds. The van der Waals surface area contributed by atoms with Crippen molar-refractivity contribution in [2.24, 2.45) is 5.41 Å². The van der Waals surface area contributed by atoms with Crippen LogP contribution in [0.4, 0.5) is 0 Å². The van der Waals surface area contributed by atoms with Gasteiger partial charge in [-0.05, 0) is 32.9 Å². The van der Waals surface area contributed by atoms with E-state index in [4.69, 9.17) is 0 Å². The van der Waals surface area contributed by atoms with Crippen molar-refractivity contribution in [2.45, 2.75) is 20.8 Å². The van der Waals surface area contributed by atoms with Crippen molar-refractivity contribution < 1.29 is 4.79 Å². The van der Waals surface area contributed by atoms with Gasteiger partial charge in [-0.25, -0.2) is 0 Å². The second-order valence-electron chi connectivity index (χ2n) is 4.24. The molecule has 1 nitrogen and oxygen atoms in total. The highest BCUT2D eigenvalue weighted by molar-refractivity contribution is 5.75. The molecule has 0 aliphatic rings. The van der Waals surface area contributed by atoms with Crippen molar-refractivity contribution in [3.8, 4) is 11.8 Å². The molecule has 72 valence electrons. The number of benzene rings is 1. The smallest absolute Gasteiger partial charge is 0.150 e. The number of carbonyl (C=O) groups is 1. The summed E-state index contributed by atoms with van der Waals surface area (Å²) in [6, 6.07) is 7.32. The van der Waals surface area contributed by atoms with Gasteiger partial charge in [0.2, 0.25) is 0 Å². The van der Waals surface area contributed by atoms with Crippen LogP contribution < -0.4 is 0 Å². The van der Waals surface area contributed by atoms with Gasteiger partial charge in [0.05, 0.1) is 0 Å². The van der Waals surface area contributed by atoms with Crippen LogP contribution in [0.5, 0.6) is 0 Å². The van der Waals surface area contributed by atoms with Gasteiger partial charge in [0.25, 0.3) is 0 Å². The first-order chi connectivity index (χ1) is 6.51. The molecule has 0 saturated carbocycles. The van der Waals surface area contributed by atoms with Gasteiger partial charge in [0, 0.05) is 16.5 Å². The lowest BCUT2D eigenvalue weighted by atomic mass is 9.97. The third kappa shape index (κ3) is 3.45. The van der Waals surface area contributed by atoms with E-state index in [1.54, 1.807) is 12.1 Å². The van der Waals surface area contributed by atoms with Crippen molar-refractivity contribution in [1.29, 1.82) is 0 Å². The molecule has 0 unspecified atom stereocenters. The van der Waals surface area contributed by atoms with E-state index in [-0.39, 0.29) is 5.41 Å². The summed E-state index contributed by atoms with van der Waals surface area (Å²) in [5.41, 5.74) is 1.56. The fraction of sp³-hybridized carbons (Fsp3) is 0.308. The maximum absolute atomic E-state index is 10.5. The van der Waals surface area contributed by atoms with E-state index >= 15 is 0 Å². The highest BCUT2D eigenvalue weighted by atomic mass is 16.1. The molecule has 0 N–H and O–H groups in total. The minimum Gasteiger partial charge on any atom is -0.298 e. The Morgan fingerprint density at radius 1 is 1.29 bits per heavy atom. The molecular formula is C13H14O. The molecular weight excluding hydrogens is 172 g/mol. The molecule has 0 atom stereocenters. The van der Waals surface area contributed by atoms with Crippen LogP contribution in [0.1, 0.15) is 36.7 Å². The summed E-state index contributed by atoms with van der Waals surface area (Å²) in [4.78, 5) is 10.5. The van der Waals surface area contributed by atoms with Gasteiger partial charge in [0.15, 0.2) is 0 Å². The molecule has 0 radical (unpaired) electrons. The molecule has 0 aliphatic carbocycles. The Kier molecular flexibility index (Phi) is 3.09. The number of aldehydes is 1. The molecule has 1 aromatic carbocycles. The van der Waals surface area contributed by atoms with Gasteiger partial charge in [-0.3, -0.25) is 4.79 Å². The van der Waals surface area contributed by atoms with Crippen LogP contribution in [0.3, 0.4) is 0 Å². The predicted molar refractivity (Wildman–Crippen MR) is 58.2 cm³/mol. The largest absolute Gasteiger partial charge is 0.298 e. The Bertz CT molecular complexity index is 386. The lowest BCUT2D eigenvalue weighted by Crippen LogP contribution is -1.99. The number of hydrogen-bond acceptors (Lipinski definition) is 1. The zero-order chi connectivity index (χ0) is 10.6. The molecule has 0 bridgehead atoms. The van der Waals surface area contributed by atoms with Crippen molar-refractivity contribution in [3.63, 3.8) is 0 Å². The first kappa shape index (κ1) is 10.5. The summed E-state index contributed by atoms with van der Waals surface area (Å²) in [5, 5.41) is 0. The van der Waals surface area contributed by atoms with Crippen LogP contribution in [0.25, 0.3) is 0 Å². The van der Waals surface area contributed by atoms with Gasteiger partial charge < -0.3 is 0 Å². The normalized spacial score (nSPS) is 10.2. The van der Waals surface area contributed by atoms with E-state index in [0.717, 1.165) is 11.8 Å². The first-order valence-corrected chi connectivity index (χ1v) is 4.60. The summed E-state index contributed by atoms with van der Waals surface area (Å²) < 4.78 is 0. The summed E-state index contributed by atoms with van der Waals surface area (Å²) in [5.74, 6) is 6.17. The molecule has 0 fully saturated rings. The summed E-state index contributed by atoms with van der Waals surface area (Å²) in [6.07, 6.45) is 0.836. The number of hydrogen-bond donors (Lipinski definition) is 0. The molecule has 1 heteroatoms. The van der Waals surface area contributed by atoms with E-state index in [1.807, 2.05) is 12.1 Å². The monoisotopic (exact) mass is 186 g/mol. The minimum absolute atomic E-state index is 0.00279. The zero-order valence-electron chi connectivity index (χ0n) is 8.79. The first-order valence-electron chi connectivity index (χ1n) is 4.60. The van der Waals surface area contributed by atoms with Gasteiger partial charge in [-0.15, -0.1) is 0 Å². The van der Waals surface area contributed by atoms with Crippen LogP contribution in [0.2, 0.25) is 0 Å². The van der Waals surface area contributed by atoms with Gasteiger partial charge >= 0.3 is 0 Å². The van der Waals surface area contributed by atoms with E-state index in [1.165, 1.54) is 0 Å². The highest BCUT2D eigenvalue weighted by Crippen LogP contribution is 2.11. The highest BCUT2D eigenvalue weighted by Gasteiger charge is 2.03. The fourth-order valence-electron chi connectivity index (χ4n) is 0.949. The summed E-state index contributed by atoms with van der Waals surface area (Å²) in [7, 11) is 0. The predicted octanol–water partition coefficient (Wildman–Crippen LogP) is 2.90. The van der Waals surface area contributed by atoms with Crippen molar-refractivity contribution >= 4 is 6.29 Å². The Labute approximate surface area is 85.1 Å². The van der Waals surface area contributed by atoms with Gasteiger partial charge in [0.1, 0.15) is 6.29 Å². The Morgan fingerprint density at radius 2 is 2.00 bits per heavy atom. The van der Waals surface area contributed by atoms with Crippen LogP contribution in [0, 0.1) is 17.3 Å². The van der Waals surface area contributed by atoms with Crippen LogP contribution >= 0.6 is 0 Å². The topological polar surface area (TPSA) is 17.1 Å². The van der Waals surface area contributed by atoms with E-state index in [9.17, 15) is 4.79 Å². The molecule has 1 rings (SSSR count). The third-order valence-electron chi connectivity index (χ3n) is 1.60. The standard InChI is InChI=1S/C13H14O/c1-13(2,3)8-7-11-5-4-6-12(9-11)10-14/h4-6,9-10H,1-3H3. The second kappa shape index (κ2) is 4.11. The van der Waals surface area contributed by atoms with Gasteiger partial charge in [-0.2, -0.15) is 0 Å². The lowest BCUT2D eigenvalue weighted by molar-refractivity contribution is 0.112. The maximum Gasteiger partial charge on any atom is 0.150 e. The molecule has 0 heterocycles. The van der Waals surface area contributed by atoms with Gasteiger partial charge in [-0.1, -0.05) is 24.0 Å². The van der Waals surface area contributed by atoms with Crippen molar-refractivity contribution in [2.75, 3.05) is 0 Å². The maximum atomic E-state index is 10.5. The molecule has 0 aliphatic heterocycles. The Morgan fingerprint density at radius 3 is 2.57 bits per heavy atom. The van der Waals surface area contributed by atoms with E-state index in [2.05, 4.69) is 32.6 Å². The average molecular weight is 186 g/mol. The zero-order valence-corrected chi connectivity index (χ0v) is 8.79. The minimum atomic E-state index is -0.00279. The number of rotatable bonds is 1. The number of carbonyl (C=O) groups excluding carboxylic acids is 1. The lowest BCUT2D eigenvalue weighted by Gasteiger charge is -2.06. The molecule has 0 saturated heterocycles. The molecule has 0 aromatic heterocycles. The fourth-order valence-corrected chi connectivity index (χ4v) is 0.949. The summed E-state index contributed by atoms with van der Waals surface area (Å²) >= 11 is 0.